The van der Waals surface area contributed by atoms with Gasteiger partial charge >= 0.3 is 11.9 Å². The minimum absolute atomic E-state index is 0.117. The van der Waals surface area contributed by atoms with Gasteiger partial charge in [0.1, 0.15) is 17.1 Å². The van der Waals surface area contributed by atoms with Gasteiger partial charge in [-0.15, -0.1) is 0 Å². The second-order valence-corrected chi connectivity index (χ2v) is 7.48. The number of rotatable bonds is 10. The maximum absolute atomic E-state index is 14.8. The summed E-state index contributed by atoms with van der Waals surface area (Å²) in [4.78, 5) is 25.5. The summed E-state index contributed by atoms with van der Waals surface area (Å²) < 4.78 is 45.8. The molecule has 0 aliphatic heterocycles. The smallest absolute Gasteiger partial charge is 0.357 e. The number of carbonyl (C=O) groups is 2. The summed E-state index contributed by atoms with van der Waals surface area (Å²) in [5.41, 5.74) is -0.391. The number of esters is 2. The monoisotopic (exact) mass is 472 g/mol. The molecule has 0 saturated carbocycles. The molecule has 0 amide bonds. The molecule has 7 nitrogen and oxygen atoms in total. The summed E-state index contributed by atoms with van der Waals surface area (Å²) in [6, 6.07) is 10.2. The van der Waals surface area contributed by atoms with Crippen molar-refractivity contribution in [2.75, 3.05) is 20.8 Å². The molecule has 0 radical (unpaired) electrons. The summed E-state index contributed by atoms with van der Waals surface area (Å²) in [7, 11) is 2.28. The number of aromatic nitrogens is 2. The van der Waals surface area contributed by atoms with Crippen LogP contribution in [0, 0.1) is 11.6 Å². The average molecular weight is 472 g/mol. The predicted octanol–water partition coefficient (Wildman–Crippen LogP) is 5.35. The van der Waals surface area contributed by atoms with Gasteiger partial charge in [-0.05, 0) is 24.6 Å². The molecule has 0 atom stereocenters. The summed E-state index contributed by atoms with van der Waals surface area (Å²) in [5.74, 6) is -3.90. The van der Waals surface area contributed by atoms with Gasteiger partial charge in [-0.2, -0.15) is 5.10 Å². The maximum Gasteiger partial charge on any atom is 0.357 e. The summed E-state index contributed by atoms with van der Waals surface area (Å²) in [5, 5.41) is 4.39. The van der Waals surface area contributed by atoms with Crippen LogP contribution in [-0.4, -0.2) is 42.5 Å². The van der Waals surface area contributed by atoms with Crippen LogP contribution in [0.5, 0.6) is 5.75 Å². The third kappa shape index (κ3) is 5.24. The van der Waals surface area contributed by atoms with Gasteiger partial charge in [0.05, 0.1) is 32.1 Å². The minimum atomic E-state index is -0.949. The van der Waals surface area contributed by atoms with Gasteiger partial charge in [-0.3, -0.25) is 0 Å². The van der Waals surface area contributed by atoms with E-state index in [1.807, 2.05) is 0 Å². The fraction of sp³-hybridized carbons (Fsp3) is 0.320. The van der Waals surface area contributed by atoms with Crippen molar-refractivity contribution in [3.8, 4) is 22.7 Å². The lowest BCUT2D eigenvalue weighted by Crippen LogP contribution is -2.15. The van der Waals surface area contributed by atoms with Crippen molar-refractivity contribution in [2.24, 2.45) is 0 Å². The molecule has 2 aromatic carbocycles. The molecule has 3 rings (SSSR count). The number of hydrogen-bond acceptors (Lipinski definition) is 6. The highest BCUT2D eigenvalue weighted by Crippen LogP contribution is 2.37. The van der Waals surface area contributed by atoms with E-state index in [1.54, 1.807) is 30.3 Å². The van der Waals surface area contributed by atoms with Crippen LogP contribution in [0.25, 0.3) is 16.9 Å². The molecule has 1 aromatic heterocycles. The number of benzene rings is 2. The Morgan fingerprint density at radius 2 is 1.68 bits per heavy atom. The number of carbonyl (C=O) groups excluding carboxylic acids is 2. The van der Waals surface area contributed by atoms with E-state index in [0.29, 0.717) is 18.2 Å². The molecule has 3 aromatic rings. The van der Waals surface area contributed by atoms with E-state index in [-0.39, 0.29) is 34.9 Å². The van der Waals surface area contributed by atoms with Crippen LogP contribution in [-0.2, 0) is 9.47 Å². The van der Waals surface area contributed by atoms with Crippen LogP contribution < -0.4 is 4.74 Å². The van der Waals surface area contributed by atoms with E-state index < -0.39 is 23.6 Å². The number of para-hydroxylation sites is 1. The molecule has 0 saturated heterocycles. The number of hydrogen-bond donors (Lipinski definition) is 0. The quantitative estimate of drug-likeness (QED) is 0.292. The Kier molecular flexibility index (Phi) is 8.34. The molecule has 0 spiro atoms. The van der Waals surface area contributed by atoms with Crippen molar-refractivity contribution in [3.63, 3.8) is 0 Å². The van der Waals surface area contributed by atoms with Gasteiger partial charge in [0.15, 0.2) is 17.3 Å². The highest BCUT2D eigenvalue weighted by Gasteiger charge is 2.33. The summed E-state index contributed by atoms with van der Waals surface area (Å²) in [6.45, 7) is 2.25. The van der Waals surface area contributed by atoms with E-state index in [4.69, 9.17) is 14.2 Å². The standard InChI is InChI=1S/C25H26F2N2O5/c1-4-5-6-10-13-34-23-18(14-16(26)15-19(23)27)21-20(24(30)32-2)22(25(31)33-3)29(28-21)17-11-8-7-9-12-17/h7-9,11-12,14-15H,4-6,10,13H2,1-3H3. The molecule has 0 aliphatic rings. The topological polar surface area (TPSA) is 79.7 Å². The summed E-state index contributed by atoms with van der Waals surface area (Å²) in [6.07, 6.45) is 3.57. The first-order valence-corrected chi connectivity index (χ1v) is 10.9. The lowest BCUT2D eigenvalue weighted by Gasteiger charge is -2.12. The predicted molar refractivity (Wildman–Crippen MR) is 121 cm³/mol. The molecule has 180 valence electrons. The van der Waals surface area contributed by atoms with Gasteiger partial charge in [-0.1, -0.05) is 44.4 Å². The lowest BCUT2D eigenvalue weighted by atomic mass is 10.0. The molecule has 0 bridgehead atoms. The largest absolute Gasteiger partial charge is 0.490 e. The van der Waals surface area contributed by atoms with Gasteiger partial charge in [-0.25, -0.2) is 23.1 Å². The molecule has 34 heavy (non-hydrogen) atoms. The molecular weight excluding hydrogens is 446 g/mol. The van der Waals surface area contributed by atoms with Crippen LogP contribution in [0.2, 0.25) is 0 Å². The highest BCUT2D eigenvalue weighted by atomic mass is 19.1. The van der Waals surface area contributed by atoms with E-state index in [2.05, 4.69) is 12.0 Å². The van der Waals surface area contributed by atoms with Crippen LogP contribution in [0.15, 0.2) is 42.5 Å². The molecule has 0 N–H and O–H groups in total. The van der Waals surface area contributed by atoms with E-state index in [1.165, 1.54) is 4.68 Å². The second-order valence-electron chi connectivity index (χ2n) is 7.48. The van der Waals surface area contributed by atoms with Crippen LogP contribution in [0.4, 0.5) is 8.78 Å². The molecule has 1 heterocycles. The third-order valence-corrected chi connectivity index (χ3v) is 5.16. The fourth-order valence-electron chi connectivity index (χ4n) is 3.53. The normalized spacial score (nSPS) is 10.7. The highest BCUT2D eigenvalue weighted by molar-refractivity contribution is 6.07. The first-order chi connectivity index (χ1) is 16.4. The van der Waals surface area contributed by atoms with E-state index in [9.17, 15) is 18.4 Å². The van der Waals surface area contributed by atoms with Crippen LogP contribution in [0.1, 0.15) is 53.5 Å². The Morgan fingerprint density at radius 1 is 0.971 bits per heavy atom. The number of methoxy groups -OCH3 is 2. The average Bonchev–Trinajstić information content (AvgIpc) is 3.24. The third-order valence-electron chi connectivity index (χ3n) is 5.16. The minimum Gasteiger partial charge on any atom is -0.490 e. The zero-order valence-electron chi connectivity index (χ0n) is 19.3. The summed E-state index contributed by atoms with van der Waals surface area (Å²) >= 11 is 0. The van der Waals surface area contributed by atoms with Crippen molar-refractivity contribution in [2.45, 2.75) is 32.6 Å². The van der Waals surface area contributed by atoms with E-state index >= 15 is 0 Å². The van der Waals surface area contributed by atoms with Gasteiger partial charge in [0, 0.05) is 6.07 Å². The molecule has 0 unspecified atom stereocenters. The van der Waals surface area contributed by atoms with Crippen molar-refractivity contribution in [1.82, 2.24) is 9.78 Å². The maximum atomic E-state index is 14.8. The van der Waals surface area contributed by atoms with Crippen LogP contribution in [0.3, 0.4) is 0 Å². The van der Waals surface area contributed by atoms with Crippen molar-refractivity contribution in [1.29, 1.82) is 0 Å². The number of nitrogens with zero attached hydrogens (tertiary/aromatic N) is 2. The molecule has 0 fully saturated rings. The molecule has 0 aliphatic carbocycles. The lowest BCUT2D eigenvalue weighted by molar-refractivity contribution is 0.0549. The van der Waals surface area contributed by atoms with Gasteiger partial charge in [0.2, 0.25) is 0 Å². The first kappa shape index (κ1) is 24.9. The first-order valence-electron chi connectivity index (χ1n) is 10.9. The van der Waals surface area contributed by atoms with Crippen LogP contribution >= 0.6 is 0 Å². The van der Waals surface area contributed by atoms with E-state index in [0.717, 1.165) is 39.5 Å². The Hall–Kier alpha value is -3.75. The van der Waals surface area contributed by atoms with Gasteiger partial charge < -0.3 is 14.2 Å². The Bertz CT molecular complexity index is 1160. The molecular formula is C25H26F2N2O5. The number of halogens is 2. The van der Waals surface area contributed by atoms with Gasteiger partial charge in [0.25, 0.3) is 0 Å². The zero-order valence-corrected chi connectivity index (χ0v) is 19.3. The Balaban J connectivity index is 2.24. The fourth-order valence-corrected chi connectivity index (χ4v) is 3.53. The SMILES string of the molecule is CCCCCCOc1c(F)cc(F)cc1-c1nn(-c2ccccc2)c(C(=O)OC)c1C(=O)OC. The zero-order chi connectivity index (χ0) is 24.7. The van der Waals surface area contributed by atoms with Crippen molar-refractivity contribution < 1.29 is 32.6 Å². The van der Waals surface area contributed by atoms with Crippen molar-refractivity contribution in [3.05, 3.63) is 65.4 Å². The second kappa shape index (κ2) is 11.4. The molecule has 9 heteroatoms. The van der Waals surface area contributed by atoms with Crippen molar-refractivity contribution >= 4 is 11.9 Å². The Labute approximate surface area is 196 Å². The number of unbranched alkanes of at least 4 members (excludes halogenated alkanes) is 3. The number of ether oxygens (including phenoxy) is 3. The Morgan fingerprint density at radius 3 is 2.32 bits per heavy atom.